The van der Waals surface area contributed by atoms with Crippen LogP contribution < -0.4 is 0 Å². The van der Waals surface area contributed by atoms with Crippen molar-refractivity contribution in [3.8, 4) is 0 Å². The van der Waals surface area contributed by atoms with E-state index < -0.39 is 27.6 Å². The van der Waals surface area contributed by atoms with Crippen LogP contribution in [0.25, 0.3) is 10.8 Å². The molecule has 2 aromatic rings. The minimum Gasteiger partial charge on any atom is -0.459 e. The van der Waals surface area contributed by atoms with Crippen LogP contribution in [0, 0.1) is 0 Å². The third kappa shape index (κ3) is 4.99. The minimum atomic E-state index is -3.94. The lowest BCUT2D eigenvalue weighted by molar-refractivity contribution is -0.158. The molecular weight excluding hydrogens is 410 g/mol. The third-order valence-corrected chi connectivity index (χ3v) is 7.43. The molecular formula is C21H25NO5S2. The fourth-order valence-corrected chi connectivity index (χ4v) is 6.15. The van der Waals surface area contributed by atoms with Crippen LogP contribution in [-0.4, -0.2) is 47.2 Å². The molecule has 6 nitrogen and oxygen atoms in total. The average molecular weight is 436 g/mol. The van der Waals surface area contributed by atoms with Crippen molar-refractivity contribution < 1.29 is 22.7 Å². The summed E-state index contributed by atoms with van der Waals surface area (Å²) >= 11 is 1.07. The summed E-state index contributed by atoms with van der Waals surface area (Å²) in [6.07, 6.45) is 0.242. The molecule has 0 aliphatic carbocycles. The summed E-state index contributed by atoms with van der Waals surface area (Å²) in [7, 11) is -3.94. The summed E-state index contributed by atoms with van der Waals surface area (Å²) < 4.78 is 33.5. The van der Waals surface area contributed by atoms with Crippen molar-refractivity contribution in [3.63, 3.8) is 0 Å². The van der Waals surface area contributed by atoms with Gasteiger partial charge in [-0.1, -0.05) is 42.1 Å². The number of rotatable bonds is 4. The van der Waals surface area contributed by atoms with Crippen molar-refractivity contribution in [2.75, 3.05) is 6.54 Å². The molecule has 2 aromatic carbocycles. The molecule has 1 heterocycles. The number of hydrogen-bond donors (Lipinski definition) is 0. The Morgan fingerprint density at radius 2 is 1.76 bits per heavy atom. The molecule has 0 saturated carbocycles. The van der Waals surface area contributed by atoms with Crippen molar-refractivity contribution in [2.45, 2.75) is 55.9 Å². The molecule has 1 fully saturated rings. The predicted octanol–water partition coefficient (Wildman–Crippen LogP) is 3.59. The van der Waals surface area contributed by atoms with Gasteiger partial charge in [-0.2, -0.15) is 4.31 Å². The van der Waals surface area contributed by atoms with Crippen molar-refractivity contribution in [1.82, 2.24) is 4.31 Å². The molecule has 0 N–H and O–H groups in total. The van der Waals surface area contributed by atoms with Crippen molar-refractivity contribution >= 4 is 43.6 Å². The Morgan fingerprint density at radius 1 is 1.10 bits per heavy atom. The highest BCUT2D eigenvalue weighted by Gasteiger charge is 2.46. The van der Waals surface area contributed by atoms with Gasteiger partial charge in [-0.3, -0.25) is 9.59 Å². The molecule has 1 aliphatic rings. The van der Waals surface area contributed by atoms with Gasteiger partial charge in [0.25, 0.3) is 0 Å². The number of hydrogen-bond acceptors (Lipinski definition) is 6. The van der Waals surface area contributed by atoms with Gasteiger partial charge in [0, 0.05) is 18.7 Å². The van der Waals surface area contributed by atoms with Gasteiger partial charge in [0.05, 0.1) is 4.90 Å². The summed E-state index contributed by atoms with van der Waals surface area (Å²) in [5, 5.41) is 1.33. The van der Waals surface area contributed by atoms with Gasteiger partial charge < -0.3 is 4.74 Å². The van der Waals surface area contributed by atoms with E-state index in [2.05, 4.69) is 0 Å². The summed E-state index contributed by atoms with van der Waals surface area (Å²) in [4.78, 5) is 24.5. The zero-order valence-electron chi connectivity index (χ0n) is 16.9. The van der Waals surface area contributed by atoms with Gasteiger partial charge in [0.15, 0.2) is 5.12 Å². The molecule has 0 amide bonds. The SMILES string of the molecule is CC(=O)S[C@@H]1CC(C(=O)OC(C)(C)C)N(S(=O)(=O)c2ccc3ccccc3c2)C1. The molecule has 1 unspecified atom stereocenters. The first kappa shape index (κ1) is 21.8. The number of carbonyl (C=O) groups excluding carboxylic acids is 2. The lowest BCUT2D eigenvalue weighted by Crippen LogP contribution is -2.43. The number of thioether (sulfide) groups is 1. The molecule has 0 aromatic heterocycles. The zero-order valence-corrected chi connectivity index (χ0v) is 18.5. The largest absolute Gasteiger partial charge is 0.459 e. The number of ether oxygens (including phenoxy) is 1. The number of carbonyl (C=O) groups is 2. The smallest absolute Gasteiger partial charge is 0.325 e. The monoisotopic (exact) mass is 435 g/mol. The summed E-state index contributed by atoms with van der Waals surface area (Å²) in [5.74, 6) is -0.589. The Balaban J connectivity index is 1.97. The summed E-state index contributed by atoms with van der Waals surface area (Å²) in [6.45, 7) is 6.74. The number of benzene rings is 2. The van der Waals surface area contributed by atoms with Gasteiger partial charge in [0.1, 0.15) is 11.6 Å². The van der Waals surface area contributed by atoms with E-state index in [-0.39, 0.29) is 28.2 Å². The van der Waals surface area contributed by atoms with Crippen LogP contribution in [0.2, 0.25) is 0 Å². The maximum absolute atomic E-state index is 13.4. The van der Waals surface area contributed by atoms with Crippen LogP contribution in [0.15, 0.2) is 47.4 Å². The van der Waals surface area contributed by atoms with Crippen molar-refractivity contribution in [2.24, 2.45) is 0 Å². The highest BCUT2D eigenvalue weighted by atomic mass is 32.2. The molecule has 0 radical (unpaired) electrons. The number of esters is 1. The van der Waals surface area contributed by atoms with E-state index in [1.165, 1.54) is 11.2 Å². The first-order valence-electron chi connectivity index (χ1n) is 9.38. The van der Waals surface area contributed by atoms with E-state index in [0.717, 1.165) is 22.5 Å². The van der Waals surface area contributed by atoms with Crippen LogP contribution in [0.3, 0.4) is 0 Å². The second-order valence-corrected chi connectivity index (χ2v) is 11.5. The van der Waals surface area contributed by atoms with Crippen LogP contribution in [-0.2, 0) is 24.3 Å². The third-order valence-electron chi connectivity index (χ3n) is 4.56. The summed E-state index contributed by atoms with van der Waals surface area (Å²) in [6, 6.07) is 11.4. The number of sulfonamides is 1. The molecule has 29 heavy (non-hydrogen) atoms. The van der Waals surface area contributed by atoms with E-state index in [4.69, 9.17) is 4.74 Å². The van der Waals surface area contributed by atoms with E-state index in [1.807, 2.05) is 24.3 Å². The lowest BCUT2D eigenvalue weighted by Gasteiger charge is -2.27. The van der Waals surface area contributed by atoms with E-state index in [0.29, 0.717) is 0 Å². The molecule has 1 saturated heterocycles. The maximum Gasteiger partial charge on any atom is 0.325 e. The fraction of sp³-hybridized carbons (Fsp3) is 0.429. The molecule has 2 atom stereocenters. The highest BCUT2D eigenvalue weighted by molar-refractivity contribution is 8.14. The van der Waals surface area contributed by atoms with E-state index in [1.54, 1.807) is 39.0 Å². The molecule has 0 bridgehead atoms. The number of nitrogens with zero attached hydrogens (tertiary/aromatic N) is 1. The van der Waals surface area contributed by atoms with E-state index >= 15 is 0 Å². The summed E-state index contributed by atoms with van der Waals surface area (Å²) in [5.41, 5.74) is -0.735. The maximum atomic E-state index is 13.4. The predicted molar refractivity (Wildman–Crippen MR) is 114 cm³/mol. The van der Waals surface area contributed by atoms with Gasteiger partial charge in [-0.15, -0.1) is 0 Å². The van der Waals surface area contributed by atoms with E-state index in [9.17, 15) is 18.0 Å². The molecule has 0 spiro atoms. The van der Waals surface area contributed by atoms with Crippen LogP contribution in [0.4, 0.5) is 0 Å². The Bertz CT molecular complexity index is 1040. The second-order valence-electron chi connectivity index (χ2n) is 8.10. The minimum absolute atomic E-state index is 0.0866. The van der Waals surface area contributed by atoms with Gasteiger partial charge in [0.2, 0.25) is 10.0 Å². The topological polar surface area (TPSA) is 80.8 Å². The lowest BCUT2D eigenvalue weighted by atomic mass is 10.1. The quantitative estimate of drug-likeness (QED) is 0.683. The highest BCUT2D eigenvalue weighted by Crippen LogP contribution is 2.34. The zero-order chi connectivity index (χ0) is 21.4. The second kappa shape index (κ2) is 8.08. The van der Waals surface area contributed by atoms with Gasteiger partial charge in [-0.25, -0.2) is 8.42 Å². The van der Waals surface area contributed by atoms with Crippen LogP contribution in [0.1, 0.15) is 34.1 Å². The van der Waals surface area contributed by atoms with Crippen molar-refractivity contribution in [1.29, 1.82) is 0 Å². The molecule has 8 heteroatoms. The molecule has 156 valence electrons. The van der Waals surface area contributed by atoms with Crippen LogP contribution in [0.5, 0.6) is 0 Å². The van der Waals surface area contributed by atoms with Gasteiger partial charge in [-0.05, 0) is 50.1 Å². The van der Waals surface area contributed by atoms with Crippen molar-refractivity contribution in [3.05, 3.63) is 42.5 Å². The normalized spacial score (nSPS) is 20.7. The molecule has 1 aliphatic heterocycles. The Labute approximate surface area is 175 Å². The Hall–Kier alpha value is -1.90. The standard InChI is InChI=1S/C21H25NO5S2/c1-14(23)28-17-12-19(20(24)27-21(2,3)4)22(13-17)29(25,26)18-10-9-15-7-5-6-8-16(15)11-18/h5-11,17,19H,12-13H2,1-4H3/t17-,19?/m1/s1. The first-order valence-corrected chi connectivity index (χ1v) is 11.7. The fourth-order valence-electron chi connectivity index (χ4n) is 3.40. The average Bonchev–Trinajstić information content (AvgIpc) is 3.04. The van der Waals surface area contributed by atoms with Crippen LogP contribution >= 0.6 is 11.8 Å². The molecule has 3 rings (SSSR count). The Kier molecular flexibility index (Phi) is 6.08. The first-order chi connectivity index (χ1) is 13.5. The van der Waals surface area contributed by atoms with Gasteiger partial charge >= 0.3 is 5.97 Å². The Morgan fingerprint density at radius 3 is 2.38 bits per heavy atom. The number of fused-ring (bicyclic) bond motifs is 1.